The van der Waals surface area contributed by atoms with E-state index in [-0.39, 0.29) is 5.91 Å². The van der Waals surface area contributed by atoms with Crippen molar-refractivity contribution in [2.45, 2.75) is 0 Å². The van der Waals surface area contributed by atoms with Gasteiger partial charge in [0.2, 0.25) is 0 Å². The number of hydrogen-bond acceptors (Lipinski definition) is 6. The van der Waals surface area contributed by atoms with Gasteiger partial charge in [0.05, 0.1) is 0 Å². The lowest BCUT2D eigenvalue weighted by atomic mass is 10.5. The van der Waals surface area contributed by atoms with Crippen molar-refractivity contribution in [3.8, 4) is 0 Å². The Morgan fingerprint density at radius 2 is 2.46 bits per heavy atom. The van der Waals surface area contributed by atoms with Crippen LogP contribution in [0.3, 0.4) is 0 Å². The molecule has 5 nitrogen and oxygen atoms in total. The summed E-state index contributed by atoms with van der Waals surface area (Å²) in [6.07, 6.45) is 1.62. The van der Waals surface area contributed by atoms with E-state index in [2.05, 4.69) is 19.9 Å². The molecule has 0 unspecified atom stereocenters. The van der Waals surface area contributed by atoms with Gasteiger partial charge in [0, 0.05) is 17.0 Å². The van der Waals surface area contributed by atoms with Crippen molar-refractivity contribution < 1.29 is 4.79 Å². The monoisotopic (exact) mass is 212 g/mol. The zero-order valence-corrected chi connectivity index (χ0v) is 7.93. The van der Waals surface area contributed by atoms with Crippen LogP contribution in [0.4, 0.5) is 5.13 Å². The van der Waals surface area contributed by atoms with Crippen LogP contribution in [0.5, 0.6) is 0 Å². The molecule has 0 atom stereocenters. The Morgan fingerprint density at radius 1 is 1.54 bits per heavy atom. The SMILES string of the molecule is O=C(Nc1nccs1)c1csnn1. The number of anilines is 1. The maximum absolute atomic E-state index is 11.3. The molecule has 0 aliphatic carbocycles. The summed E-state index contributed by atoms with van der Waals surface area (Å²) in [4.78, 5) is 15.2. The van der Waals surface area contributed by atoms with E-state index in [1.165, 1.54) is 11.3 Å². The topological polar surface area (TPSA) is 67.8 Å². The van der Waals surface area contributed by atoms with Crippen molar-refractivity contribution in [2.75, 3.05) is 5.32 Å². The van der Waals surface area contributed by atoms with Crippen LogP contribution in [0.15, 0.2) is 17.0 Å². The molecular formula is C6H4N4OS2. The number of aromatic nitrogens is 3. The smallest absolute Gasteiger partial charge is 0.278 e. The van der Waals surface area contributed by atoms with E-state index < -0.39 is 0 Å². The van der Waals surface area contributed by atoms with Gasteiger partial charge >= 0.3 is 0 Å². The molecule has 2 aromatic rings. The van der Waals surface area contributed by atoms with Crippen LogP contribution in [-0.2, 0) is 0 Å². The second-order valence-electron chi connectivity index (χ2n) is 2.08. The quantitative estimate of drug-likeness (QED) is 0.813. The van der Waals surface area contributed by atoms with E-state index >= 15 is 0 Å². The molecule has 1 N–H and O–H groups in total. The normalized spacial score (nSPS) is 9.85. The molecule has 0 aromatic carbocycles. The molecule has 0 saturated heterocycles. The van der Waals surface area contributed by atoms with Crippen LogP contribution in [0, 0.1) is 0 Å². The average Bonchev–Trinajstić information content (AvgIpc) is 2.74. The molecule has 1 amide bonds. The van der Waals surface area contributed by atoms with E-state index in [0.29, 0.717) is 10.8 Å². The minimum Gasteiger partial charge on any atom is -0.296 e. The predicted molar refractivity (Wildman–Crippen MR) is 50.0 cm³/mol. The van der Waals surface area contributed by atoms with Crippen LogP contribution in [0.1, 0.15) is 10.5 Å². The summed E-state index contributed by atoms with van der Waals surface area (Å²) in [5.74, 6) is -0.274. The van der Waals surface area contributed by atoms with Gasteiger partial charge in [0.25, 0.3) is 5.91 Å². The highest BCUT2D eigenvalue weighted by atomic mass is 32.1. The third-order valence-corrected chi connectivity index (χ3v) is 2.44. The fourth-order valence-corrected chi connectivity index (χ4v) is 1.67. The van der Waals surface area contributed by atoms with Crippen LogP contribution in [-0.4, -0.2) is 20.5 Å². The summed E-state index contributed by atoms with van der Waals surface area (Å²) in [7, 11) is 0. The lowest BCUT2D eigenvalue weighted by Crippen LogP contribution is -2.11. The first kappa shape index (κ1) is 8.27. The first-order chi connectivity index (χ1) is 6.36. The first-order valence-corrected chi connectivity index (χ1v) is 5.06. The Hall–Kier alpha value is -1.34. The summed E-state index contributed by atoms with van der Waals surface area (Å²) < 4.78 is 3.59. The van der Waals surface area contributed by atoms with Crippen LogP contribution in [0.2, 0.25) is 0 Å². The number of thiazole rings is 1. The third-order valence-electron chi connectivity index (χ3n) is 1.25. The second-order valence-corrected chi connectivity index (χ2v) is 3.59. The highest BCUT2D eigenvalue weighted by molar-refractivity contribution is 7.13. The molecule has 2 aromatic heterocycles. The lowest BCUT2D eigenvalue weighted by Gasteiger charge is -1.95. The van der Waals surface area contributed by atoms with Gasteiger partial charge in [-0.05, 0) is 11.5 Å². The lowest BCUT2D eigenvalue weighted by molar-refractivity contribution is 0.102. The summed E-state index contributed by atoms with van der Waals surface area (Å²) in [5, 5.41) is 10.2. The van der Waals surface area contributed by atoms with Crippen molar-refractivity contribution in [1.29, 1.82) is 0 Å². The summed E-state index contributed by atoms with van der Waals surface area (Å²) in [5.41, 5.74) is 0.320. The van der Waals surface area contributed by atoms with Crippen LogP contribution in [0.25, 0.3) is 0 Å². The fraction of sp³-hybridized carbons (Fsp3) is 0. The Kier molecular flexibility index (Phi) is 2.28. The number of carbonyl (C=O) groups is 1. The first-order valence-electron chi connectivity index (χ1n) is 3.34. The second kappa shape index (κ2) is 3.58. The van der Waals surface area contributed by atoms with E-state index in [1.807, 2.05) is 0 Å². The van der Waals surface area contributed by atoms with E-state index in [0.717, 1.165) is 11.5 Å². The maximum Gasteiger partial charge on any atom is 0.278 e. The van der Waals surface area contributed by atoms with Crippen LogP contribution >= 0.6 is 22.9 Å². The molecule has 7 heteroatoms. The van der Waals surface area contributed by atoms with E-state index in [4.69, 9.17) is 0 Å². The van der Waals surface area contributed by atoms with Gasteiger partial charge in [-0.15, -0.1) is 16.4 Å². The molecule has 0 aliphatic rings. The summed E-state index contributed by atoms with van der Waals surface area (Å²) in [6, 6.07) is 0. The average molecular weight is 212 g/mol. The van der Waals surface area contributed by atoms with E-state index in [9.17, 15) is 4.79 Å². The Labute approximate surface area is 81.6 Å². The fourth-order valence-electron chi connectivity index (χ4n) is 0.710. The van der Waals surface area contributed by atoms with E-state index in [1.54, 1.807) is 17.0 Å². The minimum absolute atomic E-state index is 0.274. The molecule has 0 radical (unpaired) electrons. The van der Waals surface area contributed by atoms with Gasteiger partial charge in [-0.3, -0.25) is 10.1 Å². The Bertz CT molecular complexity index is 383. The summed E-state index contributed by atoms with van der Waals surface area (Å²) >= 11 is 2.50. The highest BCUT2D eigenvalue weighted by Gasteiger charge is 2.09. The molecule has 0 spiro atoms. The van der Waals surface area contributed by atoms with Gasteiger partial charge in [0.15, 0.2) is 10.8 Å². The minimum atomic E-state index is -0.274. The number of hydrogen-bond donors (Lipinski definition) is 1. The molecule has 2 heterocycles. The van der Waals surface area contributed by atoms with Gasteiger partial charge in [-0.1, -0.05) is 4.49 Å². The number of rotatable bonds is 2. The van der Waals surface area contributed by atoms with Crippen molar-refractivity contribution in [2.24, 2.45) is 0 Å². The standard InChI is InChI=1S/C6H4N4OS2/c11-5(4-3-13-10-9-4)8-6-7-1-2-12-6/h1-3H,(H,7,8,11). The number of nitrogens with one attached hydrogen (secondary N) is 1. The Balaban J connectivity index is 2.08. The van der Waals surface area contributed by atoms with Gasteiger partial charge < -0.3 is 0 Å². The molecule has 0 aliphatic heterocycles. The van der Waals surface area contributed by atoms with Crippen molar-refractivity contribution in [3.63, 3.8) is 0 Å². The predicted octanol–water partition coefficient (Wildman–Crippen LogP) is 1.25. The highest BCUT2D eigenvalue weighted by Crippen LogP contribution is 2.11. The number of amides is 1. The Morgan fingerprint density at radius 3 is 3.08 bits per heavy atom. The van der Waals surface area contributed by atoms with Crippen molar-refractivity contribution in [1.82, 2.24) is 14.6 Å². The molecule has 66 valence electrons. The molecular weight excluding hydrogens is 208 g/mol. The van der Waals surface area contributed by atoms with Crippen molar-refractivity contribution >= 4 is 33.9 Å². The molecule has 13 heavy (non-hydrogen) atoms. The van der Waals surface area contributed by atoms with Gasteiger partial charge in [0.1, 0.15) is 0 Å². The molecule has 0 saturated carbocycles. The zero-order valence-electron chi connectivity index (χ0n) is 6.30. The third kappa shape index (κ3) is 1.87. The molecule has 0 bridgehead atoms. The molecule has 0 fully saturated rings. The zero-order chi connectivity index (χ0) is 9.10. The van der Waals surface area contributed by atoms with Crippen molar-refractivity contribution in [3.05, 3.63) is 22.7 Å². The largest absolute Gasteiger partial charge is 0.296 e. The molecule has 2 rings (SSSR count). The van der Waals surface area contributed by atoms with Gasteiger partial charge in [-0.25, -0.2) is 4.98 Å². The van der Waals surface area contributed by atoms with Crippen LogP contribution < -0.4 is 5.32 Å². The maximum atomic E-state index is 11.3. The van der Waals surface area contributed by atoms with Gasteiger partial charge in [-0.2, -0.15) is 0 Å². The number of carbonyl (C=O) groups excluding carboxylic acids is 1. The number of nitrogens with zero attached hydrogens (tertiary/aromatic N) is 3. The summed E-state index contributed by atoms with van der Waals surface area (Å²) in [6.45, 7) is 0.